The van der Waals surface area contributed by atoms with Crippen molar-refractivity contribution in [2.45, 2.75) is 13.5 Å². The van der Waals surface area contributed by atoms with Crippen LogP contribution >= 0.6 is 12.4 Å². The van der Waals surface area contributed by atoms with Crippen LogP contribution in [0.4, 0.5) is 0 Å². The van der Waals surface area contributed by atoms with Gasteiger partial charge < -0.3 is 5.11 Å². The van der Waals surface area contributed by atoms with Gasteiger partial charge in [0.1, 0.15) is 6.54 Å². The first-order valence-electron chi connectivity index (χ1n) is 2.90. The summed E-state index contributed by atoms with van der Waals surface area (Å²) in [6.07, 6.45) is 1.64. The summed E-state index contributed by atoms with van der Waals surface area (Å²) in [5.74, 6) is -0.872. The molecule has 62 valence electrons. The Bertz CT molecular complexity index is 246. The van der Waals surface area contributed by atoms with E-state index < -0.39 is 5.97 Å². The zero-order valence-electron chi connectivity index (χ0n) is 6.02. The van der Waals surface area contributed by atoms with Crippen LogP contribution < -0.4 is 0 Å². The van der Waals surface area contributed by atoms with Gasteiger partial charge in [-0.3, -0.25) is 9.48 Å². The minimum absolute atomic E-state index is 0. The Morgan fingerprint density at radius 2 is 2.45 bits per heavy atom. The topological polar surface area (TPSA) is 55.1 Å². The highest BCUT2D eigenvalue weighted by molar-refractivity contribution is 5.85. The molecule has 11 heavy (non-hydrogen) atoms. The molecule has 0 fully saturated rings. The van der Waals surface area contributed by atoms with Crippen molar-refractivity contribution in [1.82, 2.24) is 9.78 Å². The lowest BCUT2D eigenvalue weighted by molar-refractivity contribution is -0.137. The van der Waals surface area contributed by atoms with Gasteiger partial charge in [0.2, 0.25) is 0 Å². The second-order valence-corrected chi connectivity index (χ2v) is 2.05. The largest absolute Gasteiger partial charge is 0.480 e. The molecule has 0 aromatic carbocycles. The van der Waals surface area contributed by atoms with Crippen molar-refractivity contribution in [3.63, 3.8) is 0 Å². The second kappa shape index (κ2) is 3.98. The van der Waals surface area contributed by atoms with E-state index in [4.69, 9.17) is 5.11 Å². The van der Waals surface area contributed by atoms with E-state index in [-0.39, 0.29) is 19.0 Å². The smallest absolute Gasteiger partial charge is 0.325 e. The van der Waals surface area contributed by atoms with Gasteiger partial charge in [0.05, 0.1) is 5.69 Å². The van der Waals surface area contributed by atoms with Crippen LogP contribution in [0.25, 0.3) is 0 Å². The molecule has 0 aliphatic carbocycles. The fourth-order valence-electron chi connectivity index (χ4n) is 0.690. The minimum Gasteiger partial charge on any atom is -0.480 e. The number of carboxylic acid groups (broad SMARTS) is 1. The normalized spacial score (nSPS) is 8.82. The predicted octanol–water partition coefficient (Wildman–Crippen LogP) is 0.698. The van der Waals surface area contributed by atoms with Gasteiger partial charge in [-0.25, -0.2) is 0 Å². The van der Waals surface area contributed by atoms with Crippen molar-refractivity contribution in [2.24, 2.45) is 0 Å². The summed E-state index contributed by atoms with van der Waals surface area (Å²) in [7, 11) is 0. The molecule has 1 N–H and O–H groups in total. The Hall–Kier alpha value is -1.03. The van der Waals surface area contributed by atoms with Crippen LogP contribution in [0.5, 0.6) is 0 Å². The van der Waals surface area contributed by atoms with E-state index in [0.717, 1.165) is 5.69 Å². The first-order chi connectivity index (χ1) is 4.68. The first-order valence-corrected chi connectivity index (χ1v) is 2.90. The van der Waals surface area contributed by atoms with E-state index in [1.807, 2.05) is 6.92 Å². The molecule has 0 saturated carbocycles. The number of aliphatic carboxylic acids is 1. The van der Waals surface area contributed by atoms with Crippen LogP contribution in [-0.2, 0) is 11.3 Å². The Kier molecular flexibility index (Phi) is 3.60. The van der Waals surface area contributed by atoms with E-state index in [1.165, 1.54) is 4.68 Å². The number of hydrogen-bond acceptors (Lipinski definition) is 2. The van der Waals surface area contributed by atoms with Gasteiger partial charge in [-0.1, -0.05) is 0 Å². The Balaban J connectivity index is 0.000001000. The molecule has 0 saturated heterocycles. The van der Waals surface area contributed by atoms with Gasteiger partial charge in [-0.05, 0) is 13.0 Å². The number of hydrogen-bond donors (Lipinski definition) is 1. The van der Waals surface area contributed by atoms with E-state index in [1.54, 1.807) is 12.3 Å². The van der Waals surface area contributed by atoms with Crippen molar-refractivity contribution in [2.75, 3.05) is 0 Å². The van der Waals surface area contributed by atoms with E-state index in [2.05, 4.69) is 5.10 Å². The van der Waals surface area contributed by atoms with Crippen LogP contribution in [-0.4, -0.2) is 20.9 Å². The summed E-state index contributed by atoms with van der Waals surface area (Å²) in [4.78, 5) is 10.1. The lowest BCUT2D eigenvalue weighted by Gasteiger charge is -1.92. The number of rotatable bonds is 2. The molecular weight excluding hydrogens is 168 g/mol. The summed E-state index contributed by atoms with van der Waals surface area (Å²) in [6, 6.07) is 1.77. The molecule has 0 atom stereocenters. The third kappa shape index (κ3) is 3.04. The van der Waals surface area contributed by atoms with Gasteiger partial charge in [0.25, 0.3) is 0 Å². The van der Waals surface area contributed by atoms with Crippen LogP contribution in [0.15, 0.2) is 12.3 Å². The Morgan fingerprint density at radius 1 is 1.82 bits per heavy atom. The maximum absolute atomic E-state index is 10.1. The van der Waals surface area contributed by atoms with E-state index >= 15 is 0 Å². The average Bonchev–Trinajstić information content (AvgIpc) is 2.13. The highest BCUT2D eigenvalue weighted by Gasteiger charge is 1.98. The average molecular weight is 177 g/mol. The van der Waals surface area contributed by atoms with Crippen molar-refractivity contribution in [3.05, 3.63) is 18.0 Å². The molecular formula is C6H9ClN2O2. The molecule has 1 heterocycles. The molecule has 0 unspecified atom stereocenters. The maximum Gasteiger partial charge on any atom is 0.325 e. The zero-order valence-corrected chi connectivity index (χ0v) is 6.84. The Morgan fingerprint density at radius 3 is 2.82 bits per heavy atom. The second-order valence-electron chi connectivity index (χ2n) is 2.05. The van der Waals surface area contributed by atoms with Gasteiger partial charge in [0.15, 0.2) is 0 Å². The number of aromatic nitrogens is 2. The van der Waals surface area contributed by atoms with Crippen LogP contribution in [0.1, 0.15) is 5.69 Å². The number of nitrogens with zero attached hydrogens (tertiary/aromatic N) is 2. The Labute approximate surface area is 70.2 Å². The number of carboxylic acids is 1. The molecule has 1 rings (SSSR count). The lowest BCUT2D eigenvalue weighted by atomic mass is 10.5. The van der Waals surface area contributed by atoms with Crippen LogP contribution in [0, 0.1) is 6.92 Å². The van der Waals surface area contributed by atoms with Crippen molar-refractivity contribution >= 4 is 18.4 Å². The summed E-state index contributed by atoms with van der Waals surface area (Å²) < 4.78 is 1.39. The molecule has 0 aliphatic heterocycles. The van der Waals surface area contributed by atoms with Gasteiger partial charge >= 0.3 is 5.97 Å². The van der Waals surface area contributed by atoms with Gasteiger partial charge in [-0.2, -0.15) is 5.10 Å². The molecule has 1 aromatic heterocycles. The molecule has 0 aliphatic rings. The van der Waals surface area contributed by atoms with Crippen molar-refractivity contribution in [3.8, 4) is 0 Å². The van der Waals surface area contributed by atoms with Gasteiger partial charge in [0, 0.05) is 6.20 Å². The van der Waals surface area contributed by atoms with Crippen molar-refractivity contribution in [1.29, 1.82) is 0 Å². The summed E-state index contributed by atoms with van der Waals surface area (Å²) in [6.45, 7) is 1.76. The highest BCUT2D eigenvalue weighted by atomic mass is 35.5. The summed E-state index contributed by atoms with van der Waals surface area (Å²) in [5, 5.41) is 12.2. The standard InChI is InChI=1S/C6H8N2O2.ClH/c1-5-2-3-8(7-5)4-6(9)10;/h2-3H,4H2,1H3,(H,9,10);1H. The molecule has 4 nitrogen and oxygen atoms in total. The SMILES string of the molecule is Cc1ccn(CC(=O)O)n1.Cl. The monoisotopic (exact) mass is 176 g/mol. The lowest BCUT2D eigenvalue weighted by Crippen LogP contribution is -2.08. The third-order valence-electron chi connectivity index (χ3n) is 1.07. The minimum atomic E-state index is -0.872. The molecule has 0 radical (unpaired) electrons. The third-order valence-corrected chi connectivity index (χ3v) is 1.07. The number of halogens is 1. The molecule has 0 bridgehead atoms. The van der Waals surface area contributed by atoms with Crippen LogP contribution in [0.2, 0.25) is 0 Å². The first kappa shape index (κ1) is 9.97. The van der Waals surface area contributed by atoms with E-state index in [0.29, 0.717) is 0 Å². The molecule has 0 spiro atoms. The van der Waals surface area contributed by atoms with E-state index in [9.17, 15) is 4.79 Å². The molecule has 1 aromatic rings. The molecule has 5 heteroatoms. The summed E-state index contributed by atoms with van der Waals surface area (Å²) in [5.41, 5.74) is 0.834. The highest BCUT2D eigenvalue weighted by Crippen LogP contribution is 1.91. The molecule has 0 amide bonds. The summed E-state index contributed by atoms with van der Waals surface area (Å²) >= 11 is 0. The predicted molar refractivity (Wildman–Crippen MR) is 41.8 cm³/mol. The maximum atomic E-state index is 10.1. The zero-order chi connectivity index (χ0) is 7.56. The fourth-order valence-corrected chi connectivity index (χ4v) is 0.690. The fraction of sp³-hybridized carbons (Fsp3) is 0.333. The van der Waals surface area contributed by atoms with Gasteiger partial charge in [-0.15, -0.1) is 12.4 Å². The van der Waals surface area contributed by atoms with Crippen LogP contribution in [0.3, 0.4) is 0 Å². The number of aryl methyl sites for hydroxylation is 1. The quantitative estimate of drug-likeness (QED) is 0.722. The number of carbonyl (C=O) groups is 1. The van der Waals surface area contributed by atoms with Crippen molar-refractivity contribution < 1.29 is 9.90 Å².